The number of rotatable bonds is 3. The summed E-state index contributed by atoms with van der Waals surface area (Å²) in [6, 6.07) is 12.6. The largest absolute Gasteiger partial charge is 0.452 e. The number of hydrogen-bond acceptors (Lipinski definition) is 2. The van der Waals surface area contributed by atoms with E-state index < -0.39 is 0 Å². The van der Waals surface area contributed by atoms with Gasteiger partial charge in [0.2, 0.25) is 5.78 Å². The van der Waals surface area contributed by atoms with Gasteiger partial charge in [-0.15, -0.1) is 0 Å². The van der Waals surface area contributed by atoms with Crippen molar-refractivity contribution in [2.24, 2.45) is 0 Å². The van der Waals surface area contributed by atoms with Gasteiger partial charge in [-0.3, -0.25) is 4.79 Å². The predicted octanol–water partition coefficient (Wildman–Crippen LogP) is 5.93. The second-order valence-corrected chi connectivity index (χ2v) is 6.29. The van der Waals surface area contributed by atoms with Crippen LogP contribution >= 0.6 is 39.1 Å². The molecule has 0 unspecified atom stereocenters. The first kappa shape index (κ1) is 14.6. The summed E-state index contributed by atoms with van der Waals surface area (Å²) in [6.45, 7) is 0. The van der Waals surface area contributed by atoms with Crippen molar-refractivity contribution in [3.8, 4) is 0 Å². The van der Waals surface area contributed by atoms with Crippen molar-refractivity contribution in [1.82, 2.24) is 0 Å². The molecule has 106 valence electrons. The van der Waals surface area contributed by atoms with E-state index in [0.29, 0.717) is 21.4 Å². The maximum absolute atomic E-state index is 12.3. The Kier molecular flexibility index (Phi) is 4.07. The highest BCUT2D eigenvalue weighted by Gasteiger charge is 2.14. The number of furan rings is 1. The van der Waals surface area contributed by atoms with Gasteiger partial charge in [0, 0.05) is 11.8 Å². The molecule has 5 heteroatoms. The summed E-state index contributed by atoms with van der Waals surface area (Å²) in [6.07, 6.45) is 0.217. The van der Waals surface area contributed by atoms with Gasteiger partial charge in [0.05, 0.1) is 14.5 Å². The summed E-state index contributed by atoms with van der Waals surface area (Å²) < 4.78 is 6.46. The lowest BCUT2D eigenvalue weighted by molar-refractivity contribution is 0.0968. The zero-order valence-electron chi connectivity index (χ0n) is 10.7. The van der Waals surface area contributed by atoms with Gasteiger partial charge in [-0.25, -0.2) is 0 Å². The van der Waals surface area contributed by atoms with E-state index in [1.807, 2.05) is 18.2 Å². The molecule has 0 saturated carbocycles. The molecule has 21 heavy (non-hydrogen) atoms. The van der Waals surface area contributed by atoms with Crippen molar-refractivity contribution in [3.63, 3.8) is 0 Å². The van der Waals surface area contributed by atoms with E-state index in [1.165, 1.54) is 0 Å². The standard InChI is InChI=1S/C16H9BrCl2O2/c17-11-3-1-2-10-8-15(21-16(10)11)14(20)7-9-4-5-12(18)13(19)6-9/h1-6,8H,7H2. The summed E-state index contributed by atoms with van der Waals surface area (Å²) in [5.41, 5.74) is 1.48. The van der Waals surface area contributed by atoms with Gasteiger partial charge in [-0.2, -0.15) is 0 Å². The minimum absolute atomic E-state index is 0.100. The number of halogens is 3. The van der Waals surface area contributed by atoms with Crippen molar-refractivity contribution < 1.29 is 9.21 Å². The summed E-state index contributed by atoms with van der Waals surface area (Å²) in [7, 11) is 0. The zero-order chi connectivity index (χ0) is 15.0. The monoisotopic (exact) mass is 382 g/mol. The molecule has 0 radical (unpaired) electrons. The van der Waals surface area contributed by atoms with Crippen LogP contribution in [0, 0.1) is 0 Å². The quantitative estimate of drug-likeness (QED) is 0.525. The van der Waals surface area contributed by atoms with Crippen molar-refractivity contribution in [2.45, 2.75) is 6.42 Å². The van der Waals surface area contributed by atoms with Crippen LogP contribution in [-0.2, 0) is 6.42 Å². The minimum atomic E-state index is -0.100. The molecule has 0 aliphatic heterocycles. The summed E-state index contributed by atoms with van der Waals surface area (Å²) in [5.74, 6) is 0.236. The van der Waals surface area contributed by atoms with E-state index in [4.69, 9.17) is 27.6 Å². The Hall–Kier alpha value is -1.29. The molecule has 0 saturated heterocycles. The first-order valence-electron chi connectivity index (χ1n) is 6.20. The highest BCUT2D eigenvalue weighted by atomic mass is 79.9. The molecular weight excluding hydrogens is 375 g/mol. The second kappa shape index (κ2) is 5.84. The molecule has 0 fully saturated rings. The van der Waals surface area contributed by atoms with Gasteiger partial charge >= 0.3 is 0 Å². The fourth-order valence-corrected chi connectivity index (χ4v) is 2.87. The molecule has 3 aromatic rings. The van der Waals surface area contributed by atoms with E-state index in [9.17, 15) is 4.79 Å². The fourth-order valence-electron chi connectivity index (χ4n) is 2.09. The predicted molar refractivity (Wildman–Crippen MR) is 88.4 cm³/mol. The number of para-hydroxylation sites is 1. The first-order valence-corrected chi connectivity index (χ1v) is 7.74. The van der Waals surface area contributed by atoms with E-state index in [2.05, 4.69) is 15.9 Å². The van der Waals surface area contributed by atoms with Gasteiger partial charge in [0.25, 0.3) is 0 Å². The van der Waals surface area contributed by atoms with Gasteiger partial charge < -0.3 is 4.42 Å². The number of Topliss-reactive ketones (excluding diaryl/α,β-unsaturated/α-hetero) is 1. The molecule has 0 aliphatic carbocycles. The van der Waals surface area contributed by atoms with Crippen LogP contribution in [0.2, 0.25) is 10.0 Å². The van der Waals surface area contributed by atoms with Gasteiger partial charge in [0.15, 0.2) is 5.76 Å². The molecular formula is C16H9BrCl2O2. The lowest BCUT2D eigenvalue weighted by atomic mass is 10.1. The Bertz CT molecular complexity index is 839. The number of fused-ring (bicyclic) bond motifs is 1. The first-order chi connectivity index (χ1) is 10.0. The van der Waals surface area contributed by atoms with E-state index >= 15 is 0 Å². The average molecular weight is 384 g/mol. The second-order valence-electron chi connectivity index (χ2n) is 4.62. The molecule has 0 spiro atoms. The lowest BCUT2D eigenvalue weighted by Crippen LogP contribution is -2.01. The molecule has 3 rings (SSSR count). The average Bonchev–Trinajstić information content (AvgIpc) is 2.89. The molecule has 2 nitrogen and oxygen atoms in total. The number of carbonyl (C=O) groups is 1. The van der Waals surface area contributed by atoms with Crippen LogP contribution < -0.4 is 0 Å². The van der Waals surface area contributed by atoms with Crippen molar-refractivity contribution in [1.29, 1.82) is 0 Å². The number of ketones is 1. The summed E-state index contributed by atoms with van der Waals surface area (Å²) >= 11 is 15.2. The zero-order valence-corrected chi connectivity index (χ0v) is 13.8. The third-order valence-electron chi connectivity index (χ3n) is 3.12. The van der Waals surface area contributed by atoms with Gasteiger partial charge in [-0.05, 0) is 45.8 Å². The Morgan fingerprint density at radius 2 is 1.90 bits per heavy atom. The minimum Gasteiger partial charge on any atom is -0.452 e. The van der Waals surface area contributed by atoms with Crippen LogP contribution in [-0.4, -0.2) is 5.78 Å². The molecule has 2 aromatic carbocycles. The highest BCUT2D eigenvalue weighted by Crippen LogP contribution is 2.28. The van der Waals surface area contributed by atoms with Gasteiger partial charge in [-0.1, -0.05) is 41.4 Å². The SMILES string of the molecule is O=C(Cc1ccc(Cl)c(Cl)c1)c1cc2cccc(Br)c2o1. The Labute approximate surface area is 139 Å². The van der Waals surface area contributed by atoms with Crippen LogP contribution in [0.5, 0.6) is 0 Å². The number of benzene rings is 2. The Balaban J connectivity index is 1.90. The fraction of sp³-hybridized carbons (Fsp3) is 0.0625. The highest BCUT2D eigenvalue weighted by molar-refractivity contribution is 9.10. The molecule has 0 aliphatic rings. The van der Waals surface area contributed by atoms with E-state index in [0.717, 1.165) is 15.4 Å². The Morgan fingerprint density at radius 3 is 2.62 bits per heavy atom. The molecule has 1 heterocycles. The van der Waals surface area contributed by atoms with Crippen LogP contribution in [0.25, 0.3) is 11.0 Å². The third-order valence-corrected chi connectivity index (χ3v) is 4.48. The molecule has 0 bridgehead atoms. The van der Waals surface area contributed by atoms with Crippen LogP contribution in [0.1, 0.15) is 16.1 Å². The Morgan fingerprint density at radius 1 is 1.10 bits per heavy atom. The third kappa shape index (κ3) is 3.00. The summed E-state index contributed by atoms with van der Waals surface area (Å²) in [5, 5.41) is 1.80. The van der Waals surface area contributed by atoms with E-state index in [1.54, 1.807) is 24.3 Å². The van der Waals surface area contributed by atoms with Crippen molar-refractivity contribution in [2.75, 3.05) is 0 Å². The molecule has 0 N–H and O–H groups in total. The number of carbonyl (C=O) groups excluding carboxylic acids is 1. The van der Waals surface area contributed by atoms with Crippen LogP contribution in [0.4, 0.5) is 0 Å². The topological polar surface area (TPSA) is 30.2 Å². The van der Waals surface area contributed by atoms with Gasteiger partial charge in [0.1, 0.15) is 5.58 Å². The van der Waals surface area contributed by atoms with Crippen LogP contribution in [0.3, 0.4) is 0 Å². The molecule has 0 atom stereocenters. The van der Waals surface area contributed by atoms with Crippen molar-refractivity contribution in [3.05, 3.63) is 68.3 Å². The maximum atomic E-state index is 12.3. The van der Waals surface area contributed by atoms with E-state index in [-0.39, 0.29) is 12.2 Å². The molecule has 0 amide bonds. The number of hydrogen-bond donors (Lipinski definition) is 0. The maximum Gasteiger partial charge on any atom is 0.202 e. The smallest absolute Gasteiger partial charge is 0.202 e. The van der Waals surface area contributed by atoms with Crippen LogP contribution in [0.15, 0.2) is 51.4 Å². The lowest BCUT2D eigenvalue weighted by Gasteiger charge is -2.01. The summed E-state index contributed by atoms with van der Waals surface area (Å²) in [4.78, 5) is 12.3. The van der Waals surface area contributed by atoms with Crippen molar-refractivity contribution >= 4 is 55.9 Å². The molecule has 1 aromatic heterocycles. The normalized spacial score (nSPS) is 11.0.